The number of carbonyl (C=O) groups excluding carboxylic acids is 1. The Morgan fingerprint density at radius 3 is 2.83 bits per heavy atom. The first-order valence-electron chi connectivity index (χ1n) is 5.94. The smallest absolute Gasteiger partial charge is 0.263 e. The van der Waals surface area contributed by atoms with Crippen LogP contribution in [-0.2, 0) is 0 Å². The summed E-state index contributed by atoms with van der Waals surface area (Å²) < 4.78 is 1.98. The van der Waals surface area contributed by atoms with Crippen molar-refractivity contribution in [3.05, 3.63) is 27.5 Å². The first-order chi connectivity index (χ1) is 8.66. The third kappa shape index (κ3) is 1.91. The highest BCUT2D eigenvalue weighted by Crippen LogP contribution is 2.38. The Balaban J connectivity index is 1.98. The summed E-state index contributed by atoms with van der Waals surface area (Å²) in [7, 11) is 0. The number of anilines is 1. The first kappa shape index (κ1) is 12.0. The maximum Gasteiger partial charge on any atom is 0.263 e. The normalized spacial score (nSPS) is 15.6. The van der Waals surface area contributed by atoms with E-state index in [1.165, 1.54) is 17.8 Å². The van der Waals surface area contributed by atoms with Gasteiger partial charge in [0.05, 0.1) is 5.69 Å². The minimum Gasteiger partial charge on any atom is -0.397 e. The van der Waals surface area contributed by atoms with Crippen molar-refractivity contribution in [1.82, 2.24) is 5.32 Å². The van der Waals surface area contributed by atoms with Crippen LogP contribution in [0.4, 0.5) is 5.69 Å². The van der Waals surface area contributed by atoms with Gasteiger partial charge in [-0.2, -0.15) is 0 Å². The van der Waals surface area contributed by atoms with E-state index in [1.807, 2.05) is 18.2 Å². The zero-order chi connectivity index (χ0) is 12.7. The Labute approximate surface area is 117 Å². The number of rotatable bonds is 2. The summed E-state index contributed by atoms with van der Waals surface area (Å²) in [5, 5.41) is 3.98. The second-order valence-corrected chi connectivity index (χ2v) is 6.47. The molecule has 0 radical (unpaired) electrons. The van der Waals surface area contributed by atoms with Gasteiger partial charge in [-0.3, -0.25) is 4.79 Å². The lowest BCUT2D eigenvalue weighted by Crippen LogP contribution is -2.39. The molecule has 0 saturated heterocycles. The van der Waals surface area contributed by atoms with Crippen LogP contribution in [0.2, 0.25) is 0 Å². The molecule has 1 amide bonds. The monoisotopic (exact) mass is 324 g/mol. The fourth-order valence-electron chi connectivity index (χ4n) is 2.10. The third-order valence-electron chi connectivity index (χ3n) is 3.35. The molecule has 94 valence electrons. The van der Waals surface area contributed by atoms with Gasteiger partial charge in [0.2, 0.25) is 0 Å². The van der Waals surface area contributed by atoms with Crippen LogP contribution in [-0.4, -0.2) is 11.9 Å². The molecule has 1 aromatic heterocycles. The van der Waals surface area contributed by atoms with Gasteiger partial charge in [-0.05, 0) is 31.4 Å². The lowest BCUT2D eigenvalue weighted by Gasteiger charge is -2.26. The molecule has 3 nitrogen and oxygen atoms in total. The summed E-state index contributed by atoms with van der Waals surface area (Å²) in [4.78, 5) is 12.8. The van der Waals surface area contributed by atoms with Gasteiger partial charge in [0.1, 0.15) is 4.88 Å². The molecule has 0 aliphatic heterocycles. The summed E-state index contributed by atoms with van der Waals surface area (Å²) in [5.74, 6) is -0.0368. The molecule has 3 rings (SSSR count). The average molecular weight is 325 g/mol. The minimum atomic E-state index is -0.0368. The molecule has 1 aliphatic rings. The van der Waals surface area contributed by atoms with E-state index in [0.29, 0.717) is 16.6 Å². The van der Waals surface area contributed by atoms with Gasteiger partial charge in [-0.15, -0.1) is 11.3 Å². The predicted octanol–water partition coefficient (Wildman–Crippen LogP) is 3.53. The Kier molecular flexibility index (Phi) is 3.03. The van der Waals surface area contributed by atoms with Crippen LogP contribution in [0.15, 0.2) is 22.7 Å². The fraction of sp³-hybridized carbons (Fsp3) is 0.308. The third-order valence-corrected chi connectivity index (χ3v) is 5.18. The van der Waals surface area contributed by atoms with Crippen molar-refractivity contribution in [3.63, 3.8) is 0 Å². The highest BCUT2D eigenvalue weighted by molar-refractivity contribution is 9.10. The zero-order valence-corrected chi connectivity index (χ0v) is 12.1. The SMILES string of the molecule is Nc1c(C(=O)NC2CCC2)sc2cccc(Br)c12. The molecule has 0 unspecified atom stereocenters. The van der Waals surface area contributed by atoms with Crippen LogP contribution in [0.5, 0.6) is 0 Å². The second kappa shape index (κ2) is 4.55. The zero-order valence-electron chi connectivity index (χ0n) is 9.70. The number of amides is 1. The van der Waals surface area contributed by atoms with Crippen molar-refractivity contribution in [2.45, 2.75) is 25.3 Å². The lowest BCUT2D eigenvalue weighted by molar-refractivity contribution is 0.0922. The van der Waals surface area contributed by atoms with Gasteiger partial charge in [-0.1, -0.05) is 22.0 Å². The molecule has 0 atom stereocenters. The van der Waals surface area contributed by atoms with E-state index >= 15 is 0 Å². The first-order valence-corrected chi connectivity index (χ1v) is 7.55. The number of nitrogens with one attached hydrogen (secondary N) is 1. The van der Waals surface area contributed by atoms with Gasteiger partial charge in [0.25, 0.3) is 5.91 Å². The molecule has 0 spiro atoms. The molecule has 1 fully saturated rings. The molecule has 1 saturated carbocycles. The van der Waals surface area contributed by atoms with Crippen LogP contribution in [0.3, 0.4) is 0 Å². The summed E-state index contributed by atoms with van der Waals surface area (Å²) >= 11 is 4.94. The van der Waals surface area contributed by atoms with Crippen LogP contribution in [0.1, 0.15) is 28.9 Å². The summed E-state index contributed by atoms with van der Waals surface area (Å²) in [6.45, 7) is 0. The van der Waals surface area contributed by atoms with E-state index in [9.17, 15) is 4.79 Å². The van der Waals surface area contributed by atoms with Crippen molar-refractivity contribution < 1.29 is 4.79 Å². The van der Waals surface area contributed by atoms with Crippen molar-refractivity contribution >= 4 is 48.9 Å². The van der Waals surface area contributed by atoms with Crippen LogP contribution in [0.25, 0.3) is 10.1 Å². The molecule has 5 heteroatoms. The topological polar surface area (TPSA) is 55.1 Å². The van der Waals surface area contributed by atoms with E-state index in [4.69, 9.17) is 5.73 Å². The predicted molar refractivity (Wildman–Crippen MR) is 79.0 cm³/mol. The number of thiophene rings is 1. The van der Waals surface area contributed by atoms with Crippen LogP contribution < -0.4 is 11.1 Å². The van der Waals surface area contributed by atoms with Crippen LogP contribution in [0, 0.1) is 0 Å². The average Bonchev–Trinajstić information content (AvgIpc) is 2.63. The number of hydrogen-bond acceptors (Lipinski definition) is 3. The Morgan fingerprint density at radius 1 is 1.44 bits per heavy atom. The van der Waals surface area contributed by atoms with Crippen molar-refractivity contribution in [3.8, 4) is 0 Å². The molecule has 0 bridgehead atoms. The Morgan fingerprint density at radius 2 is 2.22 bits per heavy atom. The molecular formula is C13H13BrN2OS. The van der Waals surface area contributed by atoms with Gasteiger partial charge in [0, 0.05) is 20.6 Å². The van der Waals surface area contributed by atoms with Crippen LogP contribution >= 0.6 is 27.3 Å². The van der Waals surface area contributed by atoms with E-state index in [0.717, 1.165) is 27.4 Å². The highest BCUT2D eigenvalue weighted by Gasteiger charge is 2.23. The second-order valence-electron chi connectivity index (χ2n) is 4.56. The maximum atomic E-state index is 12.2. The number of carbonyl (C=O) groups is 1. The molecule has 3 N–H and O–H groups in total. The van der Waals surface area contributed by atoms with Gasteiger partial charge < -0.3 is 11.1 Å². The maximum absolute atomic E-state index is 12.2. The molecule has 1 aromatic carbocycles. The summed E-state index contributed by atoms with van der Waals surface area (Å²) in [6, 6.07) is 6.22. The molecule has 2 aromatic rings. The standard InChI is InChI=1S/C13H13BrN2OS/c14-8-5-2-6-9-10(8)11(15)12(18-9)13(17)16-7-3-1-4-7/h2,5-7H,1,3-4,15H2,(H,16,17). The fourth-order valence-corrected chi connectivity index (χ4v) is 3.86. The number of nitrogen functional groups attached to an aromatic ring is 1. The summed E-state index contributed by atoms with van der Waals surface area (Å²) in [6.07, 6.45) is 3.37. The molecular weight excluding hydrogens is 312 g/mol. The van der Waals surface area contributed by atoms with Crippen molar-refractivity contribution in [2.75, 3.05) is 5.73 Å². The minimum absolute atomic E-state index is 0.0368. The summed E-state index contributed by atoms with van der Waals surface area (Å²) in [5.41, 5.74) is 6.68. The highest BCUT2D eigenvalue weighted by atomic mass is 79.9. The molecule has 1 aliphatic carbocycles. The van der Waals surface area contributed by atoms with E-state index < -0.39 is 0 Å². The van der Waals surface area contributed by atoms with E-state index in [-0.39, 0.29) is 5.91 Å². The lowest BCUT2D eigenvalue weighted by atomic mass is 9.93. The number of nitrogens with two attached hydrogens (primary N) is 1. The molecule has 18 heavy (non-hydrogen) atoms. The van der Waals surface area contributed by atoms with Crippen molar-refractivity contribution in [2.24, 2.45) is 0 Å². The number of halogens is 1. The van der Waals surface area contributed by atoms with E-state index in [2.05, 4.69) is 21.2 Å². The number of fused-ring (bicyclic) bond motifs is 1. The largest absolute Gasteiger partial charge is 0.397 e. The molecule has 1 heterocycles. The van der Waals surface area contributed by atoms with E-state index in [1.54, 1.807) is 0 Å². The van der Waals surface area contributed by atoms with Crippen molar-refractivity contribution in [1.29, 1.82) is 0 Å². The number of hydrogen-bond donors (Lipinski definition) is 2. The quantitative estimate of drug-likeness (QED) is 0.887. The van der Waals surface area contributed by atoms with Gasteiger partial charge >= 0.3 is 0 Å². The van der Waals surface area contributed by atoms with Gasteiger partial charge in [0.15, 0.2) is 0 Å². The Bertz CT molecular complexity index is 619. The van der Waals surface area contributed by atoms with Gasteiger partial charge in [-0.25, -0.2) is 0 Å². The Hall–Kier alpha value is -1.07. The number of benzene rings is 1.